The summed E-state index contributed by atoms with van der Waals surface area (Å²) in [4.78, 5) is 23.0. The van der Waals surface area contributed by atoms with Gasteiger partial charge in [-0.2, -0.15) is 0 Å². The van der Waals surface area contributed by atoms with E-state index >= 15 is 0 Å². The summed E-state index contributed by atoms with van der Waals surface area (Å²) in [5, 5.41) is 11.8. The Morgan fingerprint density at radius 3 is 1.94 bits per heavy atom. The lowest BCUT2D eigenvalue weighted by atomic mass is 9.95. The van der Waals surface area contributed by atoms with Crippen LogP contribution in [0, 0.1) is 23.7 Å². The molecule has 0 spiro atoms. The zero-order chi connectivity index (χ0) is 12.6. The van der Waals surface area contributed by atoms with Gasteiger partial charge in [0.15, 0.2) is 0 Å². The highest BCUT2D eigenvalue weighted by atomic mass is 16.4. The average Bonchev–Trinajstić information content (AvgIpc) is 3.09. The molecule has 96 valence electrons. The van der Waals surface area contributed by atoms with Crippen molar-refractivity contribution in [3.05, 3.63) is 0 Å². The fraction of sp³-hybridized carbons (Fsp3) is 0.846. The number of aliphatic carboxylic acids is 1. The number of hydrogen-bond donors (Lipinski definition) is 2. The molecular formula is C13H21NO3. The Bertz CT molecular complexity index is 309. The molecule has 2 aliphatic carbocycles. The third-order valence-electron chi connectivity index (χ3n) is 4.07. The second-order valence-corrected chi connectivity index (χ2v) is 5.62. The van der Waals surface area contributed by atoms with Crippen LogP contribution in [-0.2, 0) is 9.59 Å². The standard InChI is InChI=1S/C13H21NO3/c1-7(13(16)17)8(2)14-12(15)11(9-3-4-9)10-5-6-10/h7-11H,3-6H2,1-2H3,(H,14,15)(H,16,17). The molecule has 0 aromatic rings. The Labute approximate surface area is 102 Å². The molecule has 0 radical (unpaired) electrons. The van der Waals surface area contributed by atoms with Crippen LogP contribution in [0.4, 0.5) is 0 Å². The molecule has 2 saturated carbocycles. The van der Waals surface area contributed by atoms with Crippen molar-refractivity contribution in [3.8, 4) is 0 Å². The summed E-state index contributed by atoms with van der Waals surface area (Å²) in [7, 11) is 0. The van der Waals surface area contributed by atoms with Crippen molar-refractivity contribution in [2.45, 2.75) is 45.6 Å². The van der Waals surface area contributed by atoms with Crippen LogP contribution < -0.4 is 5.32 Å². The van der Waals surface area contributed by atoms with Crippen molar-refractivity contribution < 1.29 is 14.7 Å². The quantitative estimate of drug-likeness (QED) is 0.740. The van der Waals surface area contributed by atoms with Gasteiger partial charge in [0.25, 0.3) is 0 Å². The van der Waals surface area contributed by atoms with E-state index in [4.69, 9.17) is 5.11 Å². The first-order valence-corrected chi connectivity index (χ1v) is 6.54. The third-order valence-corrected chi connectivity index (χ3v) is 4.07. The van der Waals surface area contributed by atoms with E-state index in [1.54, 1.807) is 13.8 Å². The van der Waals surface area contributed by atoms with Crippen LogP contribution in [0.3, 0.4) is 0 Å². The Balaban J connectivity index is 1.88. The monoisotopic (exact) mass is 239 g/mol. The molecule has 0 aromatic carbocycles. The summed E-state index contributed by atoms with van der Waals surface area (Å²) in [5.74, 6) is -0.0242. The van der Waals surface area contributed by atoms with Gasteiger partial charge < -0.3 is 10.4 Å². The topological polar surface area (TPSA) is 66.4 Å². The number of rotatable bonds is 6. The van der Waals surface area contributed by atoms with E-state index in [9.17, 15) is 9.59 Å². The van der Waals surface area contributed by atoms with E-state index in [2.05, 4.69) is 5.32 Å². The minimum atomic E-state index is -0.854. The second-order valence-electron chi connectivity index (χ2n) is 5.62. The maximum atomic E-state index is 12.1. The minimum Gasteiger partial charge on any atom is -0.481 e. The van der Waals surface area contributed by atoms with Gasteiger partial charge in [-0.25, -0.2) is 0 Å². The van der Waals surface area contributed by atoms with Crippen molar-refractivity contribution in [3.63, 3.8) is 0 Å². The Morgan fingerprint density at radius 2 is 1.59 bits per heavy atom. The van der Waals surface area contributed by atoms with E-state index in [-0.39, 0.29) is 17.9 Å². The Kier molecular flexibility index (Phi) is 3.40. The highest BCUT2D eigenvalue weighted by Gasteiger charge is 2.45. The third kappa shape index (κ3) is 2.99. The number of carboxylic acids is 1. The lowest BCUT2D eigenvalue weighted by Gasteiger charge is -2.22. The molecule has 0 bridgehead atoms. The van der Waals surface area contributed by atoms with E-state index < -0.39 is 11.9 Å². The molecule has 2 aliphatic rings. The molecule has 2 rings (SSSR count). The SMILES string of the molecule is CC(NC(=O)C(C1CC1)C1CC1)C(C)C(=O)O. The lowest BCUT2D eigenvalue weighted by molar-refractivity contribution is -0.142. The van der Waals surface area contributed by atoms with Gasteiger partial charge in [-0.3, -0.25) is 9.59 Å². The van der Waals surface area contributed by atoms with Crippen LogP contribution in [-0.4, -0.2) is 23.0 Å². The first-order chi connectivity index (χ1) is 8.00. The molecule has 2 atom stereocenters. The maximum absolute atomic E-state index is 12.1. The van der Waals surface area contributed by atoms with Crippen molar-refractivity contribution >= 4 is 11.9 Å². The maximum Gasteiger partial charge on any atom is 0.308 e. The predicted molar refractivity (Wildman–Crippen MR) is 63.3 cm³/mol. The normalized spacial score (nSPS) is 23.2. The van der Waals surface area contributed by atoms with Gasteiger partial charge in [0.1, 0.15) is 0 Å². The highest BCUT2D eigenvalue weighted by molar-refractivity contribution is 5.81. The molecule has 1 amide bonds. The summed E-state index contributed by atoms with van der Waals surface area (Å²) in [6.45, 7) is 3.41. The number of carbonyl (C=O) groups is 2. The Hall–Kier alpha value is -1.06. The molecule has 2 fully saturated rings. The molecule has 0 saturated heterocycles. The number of carbonyl (C=O) groups excluding carboxylic acids is 1. The summed E-state index contributed by atoms with van der Waals surface area (Å²) in [6, 6.07) is -0.292. The first kappa shape index (κ1) is 12.4. The van der Waals surface area contributed by atoms with Crippen LogP contribution in [0.25, 0.3) is 0 Å². The summed E-state index contributed by atoms with van der Waals surface area (Å²) in [6.07, 6.45) is 4.66. The summed E-state index contributed by atoms with van der Waals surface area (Å²) < 4.78 is 0. The predicted octanol–water partition coefficient (Wildman–Crippen LogP) is 1.65. The van der Waals surface area contributed by atoms with Crippen molar-refractivity contribution in [2.24, 2.45) is 23.7 Å². The molecule has 2 N–H and O–H groups in total. The van der Waals surface area contributed by atoms with Gasteiger partial charge in [-0.05, 0) is 51.4 Å². The highest BCUT2D eigenvalue weighted by Crippen LogP contribution is 2.49. The smallest absolute Gasteiger partial charge is 0.308 e. The van der Waals surface area contributed by atoms with Gasteiger partial charge in [-0.15, -0.1) is 0 Å². The number of carboxylic acid groups (broad SMARTS) is 1. The van der Waals surface area contributed by atoms with Crippen LogP contribution in [0.5, 0.6) is 0 Å². The van der Waals surface area contributed by atoms with Gasteiger partial charge >= 0.3 is 5.97 Å². The second kappa shape index (κ2) is 4.67. The number of hydrogen-bond acceptors (Lipinski definition) is 2. The summed E-state index contributed by atoms with van der Waals surface area (Å²) >= 11 is 0. The van der Waals surface area contributed by atoms with Crippen LogP contribution in [0.2, 0.25) is 0 Å². The van der Waals surface area contributed by atoms with E-state index in [1.807, 2.05) is 0 Å². The summed E-state index contributed by atoms with van der Waals surface area (Å²) in [5.41, 5.74) is 0. The molecule has 0 aliphatic heterocycles. The fourth-order valence-corrected chi connectivity index (χ4v) is 2.38. The molecule has 0 heterocycles. The van der Waals surface area contributed by atoms with E-state index in [1.165, 1.54) is 0 Å². The minimum absolute atomic E-state index is 0.0793. The number of nitrogens with one attached hydrogen (secondary N) is 1. The van der Waals surface area contributed by atoms with Gasteiger partial charge in [0.2, 0.25) is 5.91 Å². The average molecular weight is 239 g/mol. The van der Waals surface area contributed by atoms with Crippen LogP contribution in [0.15, 0.2) is 0 Å². The van der Waals surface area contributed by atoms with E-state index in [0.717, 1.165) is 25.7 Å². The molecular weight excluding hydrogens is 218 g/mol. The molecule has 4 nitrogen and oxygen atoms in total. The fourth-order valence-electron chi connectivity index (χ4n) is 2.38. The zero-order valence-electron chi connectivity index (χ0n) is 10.5. The number of amides is 1. The van der Waals surface area contributed by atoms with Crippen molar-refractivity contribution in [1.82, 2.24) is 5.32 Å². The zero-order valence-corrected chi connectivity index (χ0v) is 10.5. The lowest BCUT2D eigenvalue weighted by Crippen LogP contribution is -2.43. The van der Waals surface area contributed by atoms with E-state index in [0.29, 0.717) is 11.8 Å². The molecule has 17 heavy (non-hydrogen) atoms. The largest absolute Gasteiger partial charge is 0.481 e. The van der Waals surface area contributed by atoms with Crippen molar-refractivity contribution in [2.75, 3.05) is 0 Å². The van der Waals surface area contributed by atoms with Gasteiger partial charge in [0.05, 0.1) is 5.92 Å². The van der Waals surface area contributed by atoms with Gasteiger partial charge in [-0.1, -0.05) is 0 Å². The van der Waals surface area contributed by atoms with Crippen LogP contribution in [0.1, 0.15) is 39.5 Å². The molecule has 0 aromatic heterocycles. The Morgan fingerprint density at radius 1 is 1.12 bits per heavy atom. The first-order valence-electron chi connectivity index (χ1n) is 6.54. The van der Waals surface area contributed by atoms with Crippen LogP contribution >= 0.6 is 0 Å². The molecule has 2 unspecified atom stereocenters. The van der Waals surface area contributed by atoms with Gasteiger partial charge in [0, 0.05) is 12.0 Å². The molecule has 4 heteroatoms. The van der Waals surface area contributed by atoms with Crippen molar-refractivity contribution in [1.29, 1.82) is 0 Å².